The molecule has 1 amide bonds. The Kier molecular flexibility index (Phi) is 4.72. The molecule has 1 aliphatic heterocycles. The van der Waals surface area contributed by atoms with Crippen LogP contribution in [0.15, 0.2) is 18.2 Å². The number of nitrogens with one attached hydrogen (secondary N) is 2. The number of carbonyl (C=O) groups excluding carboxylic acids is 1. The zero-order valence-corrected chi connectivity index (χ0v) is 11.8. The van der Waals surface area contributed by atoms with Crippen LogP contribution in [0.5, 0.6) is 0 Å². The first-order valence-corrected chi connectivity index (χ1v) is 6.78. The van der Waals surface area contributed by atoms with E-state index in [1.807, 2.05) is 0 Å². The van der Waals surface area contributed by atoms with Crippen molar-refractivity contribution in [2.24, 2.45) is 0 Å². The highest BCUT2D eigenvalue weighted by atomic mass is 19.4. The maximum atomic E-state index is 13.3. The van der Waals surface area contributed by atoms with E-state index in [1.165, 1.54) is 11.0 Å². The van der Waals surface area contributed by atoms with Gasteiger partial charge in [0.15, 0.2) is 0 Å². The molecule has 4 nitrogen and oxygen atoms in total. The monoisotopic (exact) mass is 301 g/mol. The van der Waals surface area contributed by atoms with E-state index in [4.69, 9.17) is 0 Å². The molecule has 0 atom stereocenters. The van der Waals surface area contributed by atoms with E-state index in [1.54, 1.807) is 13.1 Å². The number of hydrogen-bond acceptors (Lipinski definition) is 3. The summed E-state index contributed by atoms with van der Waals surface area (Å²) in [5, 5.41) is 5.50. The summed E-state index contributed by atoms with van der Waals surface area (Å²) in [6.07, 6.45) is -3.82. The number of nitrogens with zero attached hydrogens (tertiary/aromatic N) is 1. The lowest BCUT2D eigenvalue weighted by molar-refractivity contribution is -0.137. The average Bonchev–Trinajstić information content (AvgIpc) is 2.63. The molecule has 21 heavy (non-hydrogen) atoms. The van der Waals surface area contributed by atoms with Crippen molar-refractivity contribution in [3.05, 3.63) is 29.3 Å². The third-order valence-electron chi connectivity index (χ3n) is 3.35. The van der Waals surface area contributed by atoms with Crippen molar-refractivity contribution in [1.82, 2.24) is 10.6 Å². The lowest BCUT2D eigenvalue weighted by atomic mass is 10.1. The smallest absolute Gasteiger partial charge is 0.362 e. The molecule has 1 heterocycles. The Morgan fingerprint density at radius 3 is 2.81 bits per heavy atom. The molecule has 0 bridgehead atoms. The van der Waals surface area contributed by atoms with Crippen molar-refractivity contribution in [2.75, 3.05) is 31.6 Å². The molecule has 2 rings (SSSR count). The van der Waals surface area contributed by atoms with E-state index in [9.17, 15) is 18.0 Å². The molecule has 7 heteroatoms. The van der Waals surface area contributed by atoms with Gasteiger partial charge in [-0.3, -0.25) is 4.79 Å². The fraction of sp³-hybridized carbons (Fsp3) is 0.500. The van der Waals surface area contributed by atoms with Crippen LogP contribution in [0.4, 0.5) is 18.9 Å². The number of rotatable bonds is 3. The van der Waals surface area contributed by atoms with Gasteiger partial charge in [0.2, 0.25) is 5.91 Å². The van der Waals surface area contributed by atoms with Gasteiger partial charge in [-0.25, -0.2) is 0 Å². The normalized spacial score (nSPS) is 16.6. The Hall–Kier alpha value is -1.76. The van der Waals surface area contributed by atoms with Gasteiger partial charge in [-0.2, -0.15) is 13.2 Å². The molecule has 0 radical (unpaired) electrons. The van der Waals surface area contributed by atoms with Gasteiger partial charge in [-0.1, -0.05) is 6.07 Å². The summed E-state index contributed by atoms with van der Waals surface area (Å²) in [5.74, 6) is -0.250. The number of alkyl halides is 3. The number of amides is 1. The first-order valence-electron chi connectivity index (χ1n) is 6.78. The number of anilines is 1. The highest BCUT2D eigenvalue weighted by molar-refractivity contribution is 5.82. The first kappa shape index (κ1) is 15.6. The van der Waals surface area contributed by atoms with Crippen LogP contribution in [0.3, 0.4) is 0 Å². The van der Waals surface area contributed by atoms with Crippen LogP contribution in [-0.2, 0) is 17.5 Å². The van der Waals surface area contributed by atoms with Gasteiger partial charge < -0.3 is 15.5 Å². The quantitative estimate of drug-likeness (QED) is 0.894. The molecular formula is C14H18F3N3O. The summed E-state index contributed by atoms with van der Waals surface area (Å²) >= 11 is 0. The number of hydrogen-bond donors (Lipinski definition) is 2. The summed E-state index contributed by atoms with van der Waals surface area (Å²) < 4.78 is 39.8. The van der Waals surface area contributed by atoms with Gasteiger partial charge in [0.05, 0.1) is 12.1 Å². The van der Waals surface area contributed by atoms with Gasteiger partial charge in [0, 0.05) is 25.3 Å². The Bertz CT molecular complexity index is 517. The second-order valence-electron chi connectivity index (χ2n) is 5.00. The predicted octanol–water partition coefficient (Wildman–Crippen LogP) is 1.75. The molecule has 116 valence electrons. The summed E-state index contributed by atoms with van der Waals surface area (Å²) in [5.41, 5.74) is -0.0581. The molecule has 1 aromatic rings. The van der Waals surface area contributed by atoms with Gasteiger partial charge in [-0.05, 0) is 31.2 Å². The second-order valence-corrected chi connectivity index (χ2v) is 5.00. The Morgan fingerprint density at radius 1 is 1.38 bits per heavy atom. The highest BCUT2D eigenvalue weighted by Gasteiger charge is 2.35. The largest absolute Gasteiger partial charge is 0.418 e. The molecule has 2 N–H and O–H groups in total. The zero-order valence-electron chi connectivity index (χ0n) is 11.8. The van der Waals surface area contributed by atoms with Crippen molar-refractivity contribution >= 4 is 11.6 Å². The molecule has 1 saturated heterocycles. The first-order chi connectivity index (χ1) is 9.91. The molecule has 1 fully saturated rings. The molecule has 1 aliphatic rings. The van der Waals surface area contributed by atoms with Crippen LogP contribution in [0.25, 0.3) is 0 Å². The van der Waals surface area contributed by atoms with Crippen LogP contribution in [0.2, 0.25) is 0 Å². The van der Waals surface area contributed by atoms with E-state index in [0.29, 0.717) is 31.6 Å². The third kappa shape index (κ3) is 3.87. The molecule has 0 aromatic heterocycles. The van der Waals surface area contributed by atoms with Crippen LogP contribution < -0.4 is 15.5 Å². The second kappa shape index (κ2) is 6.34. The fourth-order valence-corrected chi connectivity index (χ4v) is 2.41. The van der Waals surface area contributed by atoms with E-state index >= 15 is 0 Å². The molecule has 0 aliphatic carbocycles. The van der Waals surface area contributed by atoms with Gasteiger partial charge in [0.1, 0.15) is 0 Å². The average molecular weight is 301 g/mol. The van der Waals surface area contributed by atoms with Crippen LogP contribution >= 0.6 is 0 Å². The number of halogens is 3. The van der Waals surface area contributed by atoms with Crippen molar-refractivity contribution in [3.8, 4) is 0 Å². The van der Waals surface area contributed by atoms with Crippen molar-refractivity contribution < 1.29 is 18.0 Å². The van der Waals surface area contributed by atoms with Gasteiger partial charge in [-0.15, -0.1) is 0 Å². The van der Waals surface area contributed by atoms with Crippen LogP contribution in [0.1, 0.15) is 17.5 Å². The van der Waals surface area contributed by atoms with E-state index in [-0.39, 0.29) is 18.1 Å². The van der Waals surface area contributed by atoms with Crippen molar-refractivity contribution in [1.29, 1.82) is 0 Å². The fourth-order valence-electron chi connectivity index (χ4n) is 2.41. The Morgan fingerprint density at radius 2 is 2.14 bits per heavy atom. The Labute approximate surface area is 121 Å². The van der Waals surface area contributed by atoms with E-state index in [2.05, 4.69) is 10.6 Å². The van der Waals surface area contributed by atoms with Crippen molar-refractivity contribution in [2.45, 2.75) is 19.1 Å². The Balaban J connectivity index is 2.39. The standard InChI is InChI=1S/C14H18F3N3O/c1-18-8-10-3-4-12(11(7-10)14(15,16)17)20-6-2-5-19-13(21)9-20/h3-4,7,18H,2,5-6,8-9H2,1H3,(H,19,21). The van der Waals surface area contributed by atoms with E-state index < -0.39 is 11.7 Å². The molecule has 0 saturated carbocycles. The van der Waals surface area contributed by atoms with Crippen molar-refractivity contribution in [3.63, 3.8) is 0 Å². The topological polar surface area (TPSA) is 44.4 Å². The minimum Gasteiger partial charge on any atom is -0.362 e. The minimum absolute atomic E-state index is 0.0472. The summed E-state index contributed by atoms with van der Waals surface area (Å²) in [6.45, 7) is 1.24. The molecule has 1 aromatic carbocycles. The lowest BCUT2D eigenvalue weighted by Gasteiger charge is -2.25. The summed E-state index contributed by atoms with van der Waals surface area (Å²) in [7, 11) is 1.68. The van der Waals surface area contributed by atoms with Gasteiger partial charge >= 0.3 is 6.18 Å². The van der Waals surface area contributed by atoms with E-state index in [0.717, 1.165) is 6.07 Å². The predicted molar refractivity (Wildman–Crippen MR) is 74.0 cm³/mol. The van der Waals surface area contributed by atoms with Gasteiger partial charge in [0.25, 0.3) is 0 Å². The molecule has 0 unspecified atom stereocenters. The molecule has 0 spiro atoms. The summed E-state index contributed by atoms with van der Waals surface area (Å²) in [4.78, 5) is 13.0. The maximum absolute atomic E-state index is 13.3. The number of benzene rings is 1. The zero-order chi connectivity index (χ0) is 15.5. The lowest BCUT2D eigenvalue weighted by Crippen LogP contribution is -2.34. The highest BCUT2D eigenvalue weighted by Crippen LogP contribution is 2.37. The summed E-state index contributed by atoms with van der Waals surface area (Å²) in [6, 6.07) is 4.26. The maximum Gasteiger partial charge on any atom is 0.418 e. The molecular weight excluding hydrogens is 283 g/mol. The van der Waals surface area contributed by atoms with Crippen LogP contribution in [0, 0.1) is 0 Å². The SMILES string of the molecule is CNCc1ccc(N2CCCNC(=O)C2)c(C(F)(F)F)c1. The van der Waals surface area contributed by atoms with Crippen LogP contribution in [-0.4, -0.2) is 32.6 Å². The minimum atomic E-state index is -4.44. The number of carbonyl (C=O) groups is 1. The third-order valence-corrected chi connectivity index (χ3v) is 3.35.